The molecule has 1 rings (SSSR count). The molecule has 4 nitrogen and oxygen atoms in total. The molecule has 1 saturated heterocycles. The summed E-state index contributed by atoms with van der Waals surface area (Å²) in [6.07, 6.45) is 0.916. The van der Waals surface area contributed by atoms with Crippen molar-refractivity contribution in [1.29, 1.82) is 0 Å². The van der Waals surface area contributed by atoms with Gasteiger partial charge in [0.1, 0.15) is 0 Å². The normalized spacial score (nSPS) is 20.3. The maximum atomic E-state index is 10.3. The van der Waals surface area contributed by atoms with E-state index in [2.05, 4.69) is 4.90 Å². The van der Waals surface area contributed by atoms with E-state index in [-0.39, 0.29) is 0 Å². The summed E-state index contributed by atoms with van der Waals surface area (Å²) in [6, 6.07) is 0. The van der Waals surface area contributed by atoms with Crippen LogP contribution >= 0.6 is 0 Å². The van der Waals surface area contributed by atoms with Crippen molar-refractivity contribution in [2.24, 2.45) is 5.73 Å². The van der Waals surface area contributed by atoms with Crippen LogP contribution in [0.25, 0.3) is 0 Å². The molecule has 0 bridgehead atoms. The molecule has 0 saturated carbocycles. The van der Waals surface area contributed by atoms with Crippen LogP contribution in [0, 0.1) is 0 Å². The van der Waals surface area contributed by atoms with Crippen LogP contribution in [0.3, 0.4) is 0 Å². The van der Waals surface area contributed by atoms with Crippen molar-refractivity contribution in [3.63, 3.8) is 0 Å². The van der Waals surface area contributed by atoms with Crippen molar-refractivity contribution in [1.82, 2.24) is 9.80 Å². The second-order valence-electron chi connectivity index (χ2n) is 2.77. The molecule has 1 aliphatic rings. The summed E-state index contributed by atoms with van der Waals surface area (Å²) in [5, 5.41) is 0. The molecule has 1 amide bonds. The lowest BCUT2D eigenvalue weighted by Gasteiger charge is -2.31. The van der Waals surface area contributed by atoms with Gasteiger partial charge in [-0.2, -0.15) is 0 Å². The molecule has 0 radical (unpaired) electrons. The molecule has 0 aliphatic carbocycles. The van der Waals surface area contributed by atoms with Crippen LogP contribution in [0.1, 0.15) is 0 Å². The van der Waals surface area contributed by atoms with Crippen molar-refractivity contribution in [3.05, 3.63) is 0 Å². The highest BCUT2D eigenvalue weighted by Gasteiger charge is 2.13. The highest BCUT2D eigenvalue weighted by atomic mass is 16.1. The van der Waals surface area contributed by atoms with E-state index in [1.54, 1.807) is 4.90 Å². The Labute approximate surface area is 66.9 Å². The fraction of sp³-hybridized carbons (Fsp3) is 0.857. The standard InChI is InChI=1S/C7H15N3O/c8-1-2-9-3-5-10(7-11)6-4-9/h7H,1-6,8H2. The van der Waals surface area contributed by atoms with Crippen LogP contribution in [-0.4, -0.2) is 55.5 Å². The molecule has 2 N–H and O–H groups in total. The summed E-state index contributed by atoms with van der Waals surface area (Å²) in [7, 11) is 0. The third-order valence-electron chi connectivity index (χ3n) is 2.00. The minimum Gasteiger partial charge on any atom is -0.343 e. The van der Waals surface area contributed by atoms with Crippen molar-refractivity contribution in [3.8, 4) is 0 Å². The van der Waals surface area contributed by atoms with Gasteiger partial charge in [-0.3, -0.25) is 9.69 Å². The Kier molecular flexibility index (Phi) is 3.32. The van der Waals surface area contributed by atoms with E-state index in [0.717, 1.165) is 39.1 Å². The van der Waals surface area contributed by atoms with Gasteiger partial charge >= 0.3 is 0 Å². The molecular formula is C7H15N3O. The molecule has 0 spiro atoms. The number of nitrogens with two attached hydrogens (primary N) is 1. The van der Waals surface area contributed by atoms with Crippen LogP contribution in [0.4, 0.5) is 0 Å². The van der Waals surface area contributed by atoms with Gasteiger partial charge in [0.25, 0.3) is 0 Å². The molecule has 0 aromatic carbocycles. The van der Waals surface area contributed by atoms with Crippen LogP contribution in [0.15, 0.2) is 0 Å². The fourth-order valence-electron chi connectivity index (χ4n) is 1.27. The first-order chi connectivity index (χ1) is 5.36. The van der Waals surface area contributed by atoms with Crippen LogP contribution < -0.4 is 5.73 Å². The lowest BCUT2D eigenvalue weighted by Crippen LogP contribution is -2.47. The van der Waals surface area contributed by atoms with Crippen LogP contribution in [-0.2, 0) is 4.79 Å². The lowest BCUT2D eigenvalue weighted by molar-refractivity contribution is -0.119. The Morgan fingerprint density at radius 2 is 1.91 bits per heavy atom. The van der Waals surface area contributed by atoms with Crippen molar-refractivity contribution >= 4 is 6.41 Å². The Morgan fingerprint density at radius 3 is 2.36 bits per heavy atom. The molecule has 4 heteroatoms. The molecule has 64 valence electrons. The second kappa shape index (κ2) is 4.31. The molecule has 1 fully saturated rings. The van der Waals surface area contributed by atoms with Gasteiger partial charge in [-0.25, -0.2) is 0 Å². The monoisotopic (exact) mass is 157 g/mol. The number of hydrogen-bond acceptors (Lipinski definition) is 3. The first-order valence-electron chi connectivity index (χ1n) is 3.98. The van der Waals surface area contributed by atoms with E-state index in [9.17, 15) is 4.79 Å². The molecule has 0 atom stereocenters. The average Bonchev–Trinajstić information content (AvgIpc) is 2.07. The molecule has 11 heavy (non-hydrogen) atoms. The van der Waals surface area contributed by atoms with Crippen LogP contribution in [0.2, 0.25) is 0 Å². The average molecular weight is 157 g/mol. The van der Waals surface area contributed by atoms with Crippen molar-refractivity contribution in [2.45, 2.75) is 0 Å². The van der Waals surface area contributed by atoms with Crippen LogP contribution in [0.5, 0.6) is 0 Å². The topological polar surface area (TPSA) is 49.6 Å². The van der Waals surface area contributed by atoms with Gasteiger partial charge in [0.2, 0.25) is 6.41 Å². The Hall–Kier alpha value is -0.610. The van der Waals surface area contributed by atoms with Gasteiger partial charge in [-0.15, -0.1) is 0 Å². The van der Waals surface area contributed by atoms with E-state index in [1.807, 2.05) is 0 Å². The minimum absolute atomic E-state index is 0.709. The number of amides is 1. The summed E-state index contributed by atoms with van der Waals surface area (Å²) in [5.74, 6) is 0. The molecule has 0 unspecified atom stereocenters. The number of carbonyl (C=O) groups excluding carboxylic acids is 1. The maximum absolute atomic E-state index is 10.3. The maximum Gasteiger partial charge on any atom is 0.209 e. The third kappa shape index (κ3) is 2.48. The van der Waals surface area contributed by atoms with Gasteiger partial charge < -0.3 is 10.6 Å². The number of piperazine rings is 1. The summed E-state index contributed by atoms with van der Waals surface area (Å²) >= 11 is 0. The van der Waals surface area contributed by atoms with Crippen molar-refractivity contribution in [2.75, 3.05) is 39.3 Å². The molecule has 1 aliphatic heterocycles. The van der Waals surface area contributed by atoms with Gasteiger partial charge in [0.05, 0.1) is 0 Å². The van der Waals surface area contributed by atoms with Gasteiger partial charge in [0.15, 0.2) is 0 Å². The fourth-order valence-corrected chi connectivity index (χ4v) is 1.27. The van der Waals surface area contributed by atoms with Crippen molar-refractivity contribution < 1.29 is 4.79 Å². The predicted molar refractivity (Wildman–Crippen MR) is 43.1 cm³/mol. The molecular weight excluding hydrogens is 142 g/mol. The zero-order chi connectivity index (χ0) is 8.10. The SMILES string of the molecule is NCCN1CCN(C=O)CC1. The first-order valence-corrected chi connectivity index (χ1v) is 3.98. The third-order valence-corrected chi connectivity index (χ3v) is 2.00. The molecule has 0 aromatic heterocycles. The number of hydrogen-bond donors (Lipinski definition) is 1. The summed E-state index contributed by atoms with van der Waals surface area (Å²) in [4.78, 5) is 14.4. The predicted octanol–water partition coefficient (Wildman–Crippen LogP) is -1.28. The van der Waals surface area contributed by atoms with Gasteiger partial charge in [-0.05, 0) is 0 Å². The Morgan fingerprint density at radius 1 is 1.27 bits per heavy atom. The second-order valence-corrected chi connectivity index (χ2v) is 2.77. The Balaban J connectivity index is 2.18. The number of carbonyl (C=O) groups is 1. The lowest BCUT2D eigenvalue weighted by atomic mass is 10.3. The number of nitrogens with zero attached hydrogens (tertiary/aromatic N) is 2. The summed E-state index contributed by atoms with van der Waals surface area (Å²) in [6.45, 7) is 5.30. The van der Waals surface area contributed by atoms with E-state index in [4.69, 9.17) is 5.73 Å². The summed E-state index contributed by atoms with van der Waals surface area (Å²) < 4.78 is 0. The van der Waals surface area contributed by atoms with Gasteiger partial charge in [-0.1, -0.05) is 0 Å². The zero-order valence-electron chi connectivity index (χ0n) is 6.70. The van der Waals surface area contributed by atoms with Gasteiger partial charge in [0, 0.05) is 39.3 Å². The zero-order valence-corrected chi connectivity index (χ0v) is 6.70. The highest BCUT2D eigenvalue weighted by molar-refractivity contribution is 5.47. The smallest absolute Gasteiger partial charge is 0.209 e. The largest absolute Gasteiger partial charge is 0.343 e. The minimum atomic E-state index is 0.709. The first kappa shape index (κ1) is 8.49. The molecule has 1 heterocycles. The van der Waals surface area contributed by atoms with E-state index in [1.165, 1.54) is 0 Å². The number of rotatable bonds is 3. The quantitative estimate of drug-likeness (QED) is 0.519. The highest BCUT2D eigenvalue weighted by Crippen LogP contribution is 1.97. The molecule has 0 aromatic rings. The van der Waals surface area contributed by atoms with E-state index < -0.39 is 0 Å². The van der Waals surface area contributed by atoms with E-state index >= 15 is 0 Å². The summed E-state index contributed by atoms with van der Waals surface area (Å²) in [5.41, 5.74) is 5.40. The van der Waals surface area contributed by atoms with E-state index in [0.29, 0.717) is 6.54 Å². The Bertz CT molecular complexity index is 121.